The number of ketones is 1. The lowest BCUT2D eigenvalue weighted by Crippen LogP contribution is -2.22. The van der Waals surface area contributed by atoms with Crippen molar-refractivity contribution in [2.45, 2.75) is 24.0 Å². The molecule has 0 spiro atoms. The van der Waals surface area contributed by atoms with Gasteiger partial charge in [-0.25, -0.2) is 0 Å². The number of hydrogen-bond donors (Lipinski definition) is 1. The summed E-state index contributed by atoms with van der Waals surface area (Å²) in [6.07, 6.45) is 0. The van der Waals surface area contributed by atoms with Gasteiger partial charge in [-0.1, -0.05) is 11.8 Å². The van der Waals surface area contributed by atoms with Gasteiger partial charge in [0.05, 0.1) is 18.0 Å². The van der Waals surface area contributed by atoms with E-state index >= 15 is 0 Å². The SMILES string of the molecule is COc1ccc2c(c1)S(=O)(=O)N=C(SC(C)C(C)=O)N2. The fourth-order valence-electron chi connectivity index (χ4n) is 1.54. The maximum atomic E-state index is 12.1. The Bertz CT molecular complexity index is 683. The molecule has 20 heavy (non-hydrogen) atoms. The summed E-state index contributed by atoms with van der Waals surface area (Å²) in [6.45, 7) is 3.15. The van der Waals surface area contributed by atoms with E-state index in [0.717, 1.165) is 11.8 Å². The summed E-state index contributed by atoms with van der Waals surface area (Å²) in [5, 5.41) is 2.75. The van der Waals surface area contributed by atoms with Gasteiger partial charge in [0, 0.05) is 6.07 Å². The number of sulfonamides is 1. The van der Waals surface area contributed by atoms with Gasteiger partial charge in [-0.2, -0.15) is 8.42 Å². The Morgan fingerprint density at radius 2 is 2.15 bits per heavy atom. The number of ether oxygens (including phenoxy) is 1. The molecule has 0 aliphatic carbocycles. The molecule has 0 aromatic heterocycles. The Morgan fingerprint density at radius 3 is 2.75 bits per heavy atom. The summed E-state index contributed by atoms with van der Waals surface area (Å²) in [7, 11) is -2.32. The third-order valence-electron chi connectivity index (χ3n) is 2.77. The molecule has 0 saturated heterocycles. The first kappa shape index (κ1) is 14.9. The number of hydrogen-bond acceptors (Lipinski definition) is 6. The van der Waals surface area contributed by atoms with E-state index in [0.29, 0.717) is 11.4 Å². The van der Waals surface area contributed by atoms with E-state index in [1.165, 1.54) is 20.1 Å². The van der Waals surface area contributed by atoms with Crippen LogP contribution in [0.5, 0.6) is 5.75 Å². The number of benzene rings is 1. The van der Waals surface area contributed by atoms with Gasteiger partial charge in [0.2, 0.25) is 0 Å². The zero-order valence-corrected chi connectivity index (χ0v) is 12.8. The van der Waals surface area contributed by atoms with E-state index < -0.39 is 10.0 Å². The van der Waals surface area contributed by atoms with Crippen LogP contribution < -0.4 is 10.1 Å². The second-order valence-electron chi connectivity index (χ2n) is 4.23. The van der Waals surface area contributed by atoms with Gasteiger partial charge >= 0.3 is 0 Å². The summed E-state index contributed by atoms with van der Waals surface area (Å²) >= 11 is 1.08. The van der Waals surface area contributed by atoms with Crippen LogP contribution in [0.4, 0.5) is 5.69 Å². The molecule has 0 bridgehead atoms. The van der Waals surface area contributed by atoms with Gasteiger partial charge in [0.15, 0.2) is 5.17 Å². The van der Waals surface area contributed by atoms with Crippen LogP contribution in [-0.4, -0.2) is 31.7 Å². The van der Waals surface area contributed by atoms with E-state index in [9.17, 15) is 13.2 Å². The Kier molecular flexibility index (Phi) is 4.05. The molecule has 0 amide bonds. The van der Waals surface area contributed by atoms with Crippen LogP contribution in [0.25, 0.3) is 0 Å². The van der Waals surface area contributed by atoms with Crippen molar-refractivity contribution in [3.63, 3.8) is 0 Å². The van der Waals surface area contributed by atoms with Gasteiger partial charge in [0.1, 0.15) is 16.4 Å². The predicted octanol–water partition coefficient (Wildman–Crippen LogP) is 1.88. The highest BCUT2D eigenvalue weighted by Crippen LogP contribution is 2.33. The van der Waals surface area contributed by atoms with Crippen LogP contribution >= 0.6 is 11.8 Å². The predicted molar refractivity (Wildman–Crippen MR) is 79.0 cm³/mol. The summed E-state index contributed by atoms with van der Waals surface area (Å²) in [5.41, 5.74) is 0.430. The number of fused-ring (bicyclic) bond motifs is 1. The number of Topliss-reactive ketones (excluding diaryl/α,β-unsaturated/α-hetero) is 1. The van der Waals surface area contributed by atoms with Crippen molar-refractivity contribution in [3.8, 4) is 5.75 Å². The van der Waals surface area contributed by atoms with Crippen molar-refractivity contribution >= 4 is 38.4 Å². The number of amidine groups is 1. The van der Waals surface area contributed by atoms with E-state index in [-0.39, 0.29) is 21.1 Å². The van der Waals surface area contributed by atoms with E-state index in [1.807, 2.05) is 0 Å². The van der Waals surface area contributed by atoms with Crippen LogP contribution in [-0.2, 0) is 14.8 Å². The number of rotatable bonds is 3. The lowest BCUT2D eigenvalue weighted by atomic mass is 10.3. The minimum Gasteiger partial charge on any atom is -0.497 e. The highest BCUT2D eigenvalue weighted by molar-refractivity contribution is 8.15. The summed E-state index contributed by atoms with van der Waals surface area (Å²) in [6, 6.07) is 4.68. The largest absolute Gasteiger partial charge is 0.497 e. The Morgan fingerprint density at radius 1 is 1.45 bits per heavy atom. The summed E-state index contributed by atoms with van der Waals surface area (Å²) < 4.78 is 32.9. The smallest absolute Gasteiger partial charge is 0.286 e. The molecule has 108 valence electrons. The zero-order valence-electron chi connectivity index (χ0n) is 11.2. The number of carbonyl (C=O) groups is 1. The molecule has 1 N–H and O–H groups in total. The number of anilines is 1. The molecule has 1 atom stereocenters. The van der Waals surface area contributed by atoms with Crippen LogP contribution in [0.2, 0.25) is 0 Å². The zero-order chi connectivity index (χ0) is 14.9. The highest BCUT2D eigenvalue weighted by Gasteiger charge is 2.27. The Hall–Kier alpha value is -1.54. The fourth-order valence-corrected chi connectivity index (χ4v) is 3.70. The molecule has 1 heterocycles. The molecule has 0 radical (unpaired) electrons. The van der Waals surface area contributed by atoms with Crippen LogP contribution in [0.15, 0.2) is 27.5 Å². The standard InChI is InChI=1S/C12H14N2O4S2/c1-7(15)8(2)19-12-13-10-5-4-9(18-3)6-11(10)20(16,17)14-12/h4-6,8H,1-3H3,(H,13,14). The number of carbonyl (C=O) groups excluding carboxylic acids is 1. The third kappa shape index (κ3) is 2.96. The minimum atomic E-state index is -3.78. The molecule has 8 heteroatoms. The lowest BCUT2D eigenvalue weighted by molar-refractivity contribution is -0.116. The lowest BCUT2D eigenvalue weighted by Gasteiger charge is -2.19. The molecule has 6 nitrogen and oxygen atoms in total. The number of thioether (sulfide) groups is 1. The topological polar surface area (TPSA) is 84.8 Å². The van der Waals surface area contributed by atoms with E-state index in [1.54, 1.807) is 19.1 Å². The van der Waals surface area contributed by atoms with Crippen LogP contribution in [0.1, 0.15) is 13.8 Å². The molecule has 1 aromatic carbocycles. The van der Waals surface area contributed by atoms with Crippen molar-refractivity contribution in [3.05, 3.63) is 18.2 Å². The summed E-state index contributed by atoms with van der Waals surface area (Å²) in [5.74, 6) is 0.398. The molecule has 1 aromatic rings. The van der Waals surface area contributed by atoms with Gasteiger partial charge in [-0.05, 0) is 26.0 Å². The van der Waals surface area contributed by atoms with Gasteiger partial charge in [-0.3, -0.25) is 4.79 Å². The molecule has 0 saturated carbocycles. The Labute approximate surface area is 121 Å². The van der Waals surface area contributed by atoms with Gasteiger partial charge in [0.25, 0.3) is 10.0 Å². The molecular formula is C12H14N2O4S2. The number of nitrogens with zero attached hydrogens (tertiary/aromatic N) is 1. The van der Waals surface area contributed by atoms with Crippen LogP contribution in [0, 0.1) is 0 Å². The van der Waals surface area contributed by atoms with Crippen LogP contribution in [0.3, 0.4) is 0 Å². The molecule has 1 aliphatic heterocycles. The second-order valence-corrected chi connectivity index (χ2v) is 7.13. The van der Waals surface area contributed by atoms with Gasteiger partial charge < -0.3 is 10.1 Å². The first-order valence-electron chi connectivity index (χ1n) is 5.80. The first-order valence-corrected chi connectivity index (χ1v) is 8.12. The molecular weight excluding hydrogens is 300 g/mol. The molecule has 1 unspecified atom stereocenters. The normalized spacial score (nSPS) is 17.4. The molecule has 0 fully saturated rings. The van der Waals surface area contributed by atoms with Crippen molar-refractivity contribution in [2.75, 3.05) is 12.4 Å². The Balaban J connectivity index is 2.37. The average molecular weight is 314 g/mol. The fraction of sp³-hybridized carbons (Fsp3) is 0.333. The maximum Gasteiger partial charge on any atom is 0.286 e. The maximum absolute atomic E-state index is 12.1. The van der Waals surface area contributed by atoms with E-state index in [2.05, 4.69) is 9.71 Å². The monoisotopic (exact) mass is 314 g/mol. The highest BCUT2D eigenvalue weighted by atomic mass is 32.2. The number of nitrogens with one attached hydrogen (secondary N) is 1. The van der Waals surface area contributed by atoms with Crippen molar-refractivity contribution in [1.82, 2.24) is 0 Å². The second kappa shape index (κ2) is 5.45. The molecule has 1 aliphatic rings. The van der Waals surface area contributed by atoms with Crippen molar-refractivity contribution in [2.24, 2.45) is 4.40 Å². The molecule has 2 rings (SSSR count). The van der Waals surface area contributed by atoms with Crippen molar-refractivity contribution in [1.29, 1.82) is 0 Å². The van der Waals surface area contributed by atoms with Gasteiger partial charge in [-0.15, -0.1) is 4.40 Å². The minimum absolute atomic E-state index is 0.0441. The first-order chi connectivity index (χ1) is 9.33. The third-order valence-corrected chi connectivity index (χ3v) is 5.31. The quantitative estimate of drug-likeness (QED) is 0.917. The van der Waals surface area contributed by atoms with E-state index in [4.69, 9.17) is 4.74 Å². The van der Waals surface area contributed by atoms with Crippen molar-refractivity contribution < 1.29 is 17.9 Å². The summed E-state index contributed by atoms with van der Waals surface area (Å²) in [4.78, 5) is 11.3. The average Bonchev–Trinajstić information content (AvgIpc) is 2.37. The number of methoxy groups -OCH3 is 1.